The Balaban J connectivity index is 2.86. The van der Waals surface area contributed by atoms with E-state index in [0.717, 1.165) is 0 Å². The van der Waals surface area contributed by atoms with Crippen molar-refractivity contribution in [3.8, 4) is 5.88 Å². The first-order valence-electron chi connectivity index (χ1n) is 4.55. The minimum atomic E-state index is 0.0194. The van der Waals surface area contributed by atoms with Gasteiger partial charge in [0.25, 0.3) is 0 Å². The largest absolute Gasteiger partial charge is 0.475 e. The van der Waals surface area contributed by atoms with Gasteiger partial charge in [0.15, 0.2) is 0 Å². The molecule has 0 aliphatic carbocycles. The molecular formula is C9H14N4O2. The Morgan fingerprint density at radius 3 is 3.00 bits per heavy atom. The van der Waals surface area contributed by atoms with Crippen LogP contribution in [0.25, 0.3) is 0 Å². The number of hydrogen-bond acceptors (Lipinski definition) is 5. The quantitative estimate of drug-likeness (QED) is 0.327. The highest BCUT2D eigenvalue weighted by Crippen LogP contribution is 2.15. The average Bonchev–Trinajstić information content (AvgIpc) is 2.20. The topological polar surface area (TPSA) is 93.6 Å². The van der Waals surface area contributed by atoms with E-state index < -0.39 is 0 Å². The van der Waals surface area contributed by atoms with Crippen molar-refractivity contribution in [3.05, 3.63) is 18.1 Å². The molecule has 0 saturated carbocycles. The van der Waals surface area contributed by atoms with Crippen LogP contribution in [0.5, 0.6) is 5.88 Å². The summed E-state index contributed by atoms with van der Waals surface area (Å²) >= 11 is 0. The lowest BCUT2D eigenvalue weighted by Gasteiger charge is -2.11. The summed E-state index contributed by atoms with van der Waals surface area (Å²) in [5, 5.41) is 11.3. The third-order valence-electron chi connectivity index (χ3n) is 1.59. The summed E-state index contributed by atoms with van der Waals surface area (Å²) in [5.74, 6) is 0.560. The number of rotatable bonds is 4. The van der Waals surface area contributed by atoms with Crippen LogP contribution in [-0.4, -0.2) is 27.1 Å². The molecule has 3 N–H and O–H groups in total. The van der Waals surface area contributed by atoms with Crippen molar-refractivity contribution < 1.29 is 9.94 Å². The molecule has 6 heteroatoms. The van der Waals surface area contributed by atoms with E-state index in [1.54, 1.807) is 6.20 Å². The minimum Gasteiger partial charge on any atom is -0.475 e. The van der Waals surface area contributed by atoms with Gasteiger partial charge in [-0.05, 0) is 13.8 Å². The number of nitrogens with two attached hydrogens (primary N) is 1. The fourth-order valence-electron chi connectivity index (χ4n) is 1.03. The van der Waals surface area contributed by atoms with Crippen molar-refractivity contribution in [2.75, 3.05) is 0 Å². The van der Waals surface area contributed by atoms with Crippen molar-refractivity contribution in [2.45, 2.75) is 26.4 Å². The fourth-order valence-corrected chi connectivity index (χ4v) is 1.03. The molecule has 0 spiro atoms. The third kappa shape index (κ3) is 3.41. The minimum absolute atomic E-state index is 0.0194. The van der Waals surface area contributed by atoms with E-state index in [0.29, 0.717) is 11.4 Å². The molecule has 0 aromatic carbocycles. The molecule has 82 valence electrons. The van der Waals surface area contributed by atoms with Gasteiger partial charge in [-0.2, -0.15) is 0 Å². The summed E-state index contributed by atoms with van der Waals surface area (Å²) in [6.45, 7) is 3.80. The maximum Gasteiger partial charge on any atom is 0.220 e. The molecule has 1 rings (SSSR count). The van der Waals surface area contributed by atoms with Crippen LogP contribution in [0, 0.1) is 0 Å². The Kier molecular flexibility index (Phi) is 3.84. The zero-order valence-corrected chi connectivity index (χ0v) is 8.71. The average molecular weight is 210 g/mol. The van der Waals surface area contributed by atoms with Crippen molar-refractivity contribution >= 4 is 5.84 Å². The molecule has 1 aromatic heterocycles. The maximum absolute atomic E-state index is 8.45. The Labute approximate surface area is 87.8 Å². The molecule has 1 heterocycles. The van der Waals surface area contributed by atoms with Gasteiger partial charge in [-0.3, -0.25) is 0 Å². The van der Waals surface area contributed by atoms with E-state index in [9.17, 15) is 0 Å². The van der Waals surface area contributed by atoms with Gasteiger partial charge < -0.3 is 15.7 Å². The van der Waals surface area contributed by atoms with Crippen molar-refractivity contribution in [3.63, 3.8) is 0 Å². The number of amidine groups is 1. The Morgan fingerprint density at radius 1 is 1.67 bits per heavy atom. The molecular weight excluding hydrogens is 196 g/mol. The predicted octanol–water partition coefficient (Wildman–Crippen LogP) is 0.553. The summed E-state index contributed by atoms with van der Waals surface area (Å²) in [5.41, 5.74) is 6.09. The standard InChI is InChI=1S/C9H14N4O2/c1-6(2)15-9-7(3-8(10)13-14)4-11-5-12-9/h4-6,14H,3H2,1-2H3,(H2,10,13). The summed E-state index contributed by atoms with van der Waals surface area (Å²) in [4.78, 5) is 7.84. The molecule has 6 nitrogen and oxygen atoms in total. The second-order valence-electron chi connectivity index (χ2n) is 3.29. The van der Waals surface area contributed by atoms with E-state index in [1.807, 2.05) is 13.8 Å². The Hall–Kier alpha value is -1.85. The lowest BCUT2D eigenvalue weighted by Crippen LogP contribution is -2.17. The second kappa shape index (κ2) is 5.14. The SMILES string of the molecule is CC(C)Oc1ncncc1C/C(N)=N/O. The molecule has 0 amide bonds. The summed E-state index contributed by atoms with van der Waals surface area (Å²) < 4.78 is 5.45. The molecule has 0 saturated heterocycles. The number of oxime groups is 1. The van der Waals surface area contributed by atoms with Crippen molar-refractivity contribution in [2.24, 2.45) is 10.9 Å². The zero-order chi connectivity index (χ0) is 11.3. The van der Waals surface area contributed by atoms with Gasteiger partial charge in [-0.1, -0.05) is 5.16 Å². The van der Waals surface area contributed by atoms with E-state index in [4.69, 9.17) is 15.7 Å². The van der Waals surface area contributed by atoms with E-state index in [1.165, 1.54) is 6.33 Å². The molecule has 0 atom stereocenters. The van der Waals surface area contributed by atoms with Crippen LogP contribution in [-0.2, 0) is 6.42 Å². The monoisotopic (exact) mass is 210 g/mol. The van der Waals surface area contributed by atoms with Crippen LogP contribution in [0.4, 0.5) is 0 Å². The summed E-state index contributed by atoms with van der Waals surface area (Å²) in [6, 6.07) is 0. The first-order chi connectivity index (χ1) is 7.13. The van der Waals surface area contributed by atoms with Crippen molar-refractivity contribution in [1.82, 2.24) is 9.97 Å². The van der Waals surface area contributed by atoms with Gasteiger partial charge in [0.05, 0.1) is 6.10 Å². The molecule has 15 heavy (non-hydrogen) atoms. The van der Waals surface area contributed by atoms with Crippen molar-refractivity contribution in [1.29, 1.82) is 0 Å². The smallest absolute Gasteiger partial charge is 0.220 e. The molecule has 0 aliphatic rings. The summed E-state index contributed by atoms with van der Waals surface area (Å²) in [7, 11) is 0. The Bertz CT molecular complexity index is 352. The van der Waals surface area contributed by atoms with Gasteiger partial charge in [0, 0.05) is 18.2 Å². The third-order valence-corrected chi connectivity index (χ3v) is 1.59. The number of hydrogen-bond donors (Lipinski definition) is 2. The van der Waals surface area contributed by atoms with Crippen LogP contribution in [0.3, 0.4) is 0 Å². The fraction of sp³-hybridized carbons (Fsp3) is 0.444. The van der Waals surface area contributed by atoms with Gasteiger partial charge in [-0.25, -0.2) is 9.97 Å². The van der Waals surface area contributed by atoms with Crippen LogP contribution in [0.2, 0.25) is 0 Å². The highest BCUT2D eigenvalue weighted by molar-refractivity contribution is 5.82. The normalized spacial score (nSPS) is 11.8. The summed E-state index contributed by atoms with van der Waals surface area (Å²) in [6.07, 6.45) is 3.27. The molecule has 0 bridgehead atoms. The van der Waals surface area contributed by atoms with Crippen LogP contribution in [0.15, 0.2) is 17.7 Å². The predicted molar refractivity (Wildman–Crippen MR) is 54.9 cm³/mol. The first kappa shape index (κ1) is 11.2. The highest BCUT2D eigenvalue weighted by Gasteiger charge is 2.08. The number of aromatic nitrogens is 2. The molecule has 0 fully saturated rings. The van der Waals surface area contributed by atoms with Gasteiger partial charge in [0.2, 0.25) is 5.88 Å². The second-order valence-corrected chi connectivity index (χ2v) is 3.29. The first-order valence-corrected chi connectivity index (χ1v) is 4.55. The zero-order valence-electron chi connectivity index (χ0n) is 8.71. The molecule has 1 aromatic rings. The maximum atomic E-state index is 8.45. The lowest BCUT2D eigenvalue weighted by atomic mass is 10.2. The van der Waals surface area contributed by atoms with Crippen LogP contribution >= 0.6 is 0 Å². The molecule has 0 radical (unpaired) electrons. The number of ether oxygens (including phenoxy) is 1. The van der Waals surface area contributed by atoms with Gasteiger partial charge >= 0.3 is 0 Å². The molecule has 0 unspecified atom stereocenters. The highest BCUT2D eigenvalue weighted by atomic mass is 16.5. The molecule has 0 aliphatic heterocycles. The van der Waals surface area contributed by atoms with E-state index >= 15 is 0 Å². The van der Waals surface area contributed by atoms with Crippen LogP contribution < -0.4 is 10.5 Å². The Morgan fingerprint density at radius 2 is 2.40 bits per heavy atom. The van der Waals surface area contributed by atoms with E-state index in [2.05, 4.69) is 15.1 Å². The van der Waals surface area contributed by atoms with E-state index in [-0.39, 0.29) is 18.4 Å². The van der Waals surface area contributed by atoms with Gasteiger partial charge in [-0.15, -0.1) is 0 Å². The number of nitrogens with zero attached hydrogens (tertiary/aromatic N) is 3. The van der Waals surface area contributed by atoms with Crippen LogP contribution in [0.1, 0.15) is 19.4 Å². The van der Waals surface area contributed by atoms with Gasteiger partial charge in [0.1, 0.15) is 12.2 Å². The lowest BCUT2D eigenvalue weighted by molar-refractivity contribution is 0.230.